The second kappa shape index (κ2) is 7.52. The molecule has 1 saturated heterocycles. The molecule has 6 heteroatoms. The fourth-order valence-electron chi connectivity index (χ4n) is 2.58. The molecule has 1 aromatic rings. The van der Waals surface area contributed by atoms with E-state index in [9.17, 15) is 9.18 Å². The van der Waals surface area contributed by atoms with E-state index in [0.29, 0.717) is 25.4 Å². The van der Waals surface area contributed by atoms with Gasteiger partial charge in [0.15, 0.2) is 0 Å². The third-order valence-corrected chi connectivity index (χ3v) is 3.72. The molecule has 1 amide bonds. The summed E-state index contributed by atoms with van der Waals surface area (Å²) in [4.78, 5) is 13.8. The summed E-state index contributed by atoms with van der Waals surface area (Å²) in [5, 5.41) is 8.72. The topological polar surface area (TPSA) is 62.6 Å². The number of benzene rings is 1. The Morgan fingerprint density at radius 3 is 2.83 bits per heavy atom. The van der Waals surface area contributed by atoms with Crippen LogP contribution >= 0.6 is 0 Å². The first-order chi connectivity index (χ1) is 11.3. The maximum atomic E-state index is 13.6. The normalized spacial score (nSPS) is 18.0. The van der Waals surface area contributed by atoms with E-state index in [1.807, 2.05) is 20.8 Å². The molecule has 5 nitrogen and oxygen atoms in total. The standard InChI is InChI=1S/C18H23FN2O3/c1-18(2,3)24-17(22)21-8-4-5-13(11-21)12-23-15-7-6-14(10-20)16(19)9-15/h6-7,9,13H,4-5,8,11-12H2,1-3H3. The summed E-state index contributed by atoms with van der Waals surface area (Å²) in [5.74, 6) is -0.0279. The van der Waals surface area contributed by atoms with Gasteiger partial charge in [0, 0.05) is 25.1 Å². The number of amides is 1. The van der Waals surface area contributed by atoms with Crippen LogP contribution in [0.4, 0.5) is 9.18 Å². The van der Waals surface area contributed by atoms with Crippen LogP contribution in [0.3, 0.4) is 0 Å². The molecule has 1 fully saturated rings. The van der Waals surface area contributed by atoms with Gasteiger partial charge in [-0.1, -0.05) is 0 Å². The van der Waals surface area contributed by atoms with E-state index in [0.717, 1.165) is 12.8 Å². The number of rotatable bonds is 3. The third-order valence-electron chi connectivity index (χ3n) is 3.72. The van der Waals surface area contributed by atoms with Crippen LogP contribution in [0, 0.1) is 23.1 Å². The summed E-state index contributed by atoms with van der Waals surface area (Å²) < 4.78 is 24.6. The SMILES string of the molecule is CC(C)(C)OC(=O)N1CCCC(COc2ccc(C#N)c(F)c2)C1. The second-order valence-corrected chi connectivity index (χ2v) is 7.00. The molecule has 0 aliphatic carbocycles. The van der Waals surface area contributed by atoms with Gasteiger partial charge in [0.1, 0.15) is 23.2 Å². The van der Waals surface area contributed by atoms with E-state index >= 15 is 0 Å². The molecule has 24 heavy (non-hydrogen) atoms. The Labute approximate surface area is 142 Å². The van der Waals surface area contributed by atoms with Crippen molar-refractivity contribution >= 4 is 6.09 Å². The lowest BCUT2D eigenvalue weighted by Gasteiger charge is -2.34. The van der Waals surface area contributed by atoms with Crippen LogP contribution in [-0.2, 0) is 4.74 Å². The minimum Gasteiger partial charge on any atom is -0.493 e. The number of hydrogen-bond donors (Lipinski definition) is 0. The average Bonchev–Trinajstić information content (AvgIpc) is 2.52. The monoisotopic (exact) mass is 334 g/mol. The van der Waals surface area contributed by atoms with E-state index in [1.54, 1.807) is 17.0 Å². The van der Waals surface area contributed by atoms with Crippen LogP contribution in [0.15, 0.2) is 18.2 Å². The zero-order valence-corrected chi connectivity index (χ0v) is 14.3. The minimum absolute atomic E-state index is 0.00360. The largest absolute Gasteiger partial charge is 0.493 e. The molecule has 0 radical (unpaired) electrons. The fourth-order valence-corrected chi connectivity index (χ4v) is 2.58. The zero-order chi connectivity index (χ0) is 17.7. The lowest BCUT2D eigenvalue weighted by atomic mass is 9.99. The van der Waals surface area contributed by atoms with Gasteiger partial charge in [-0.3, -0.25) is 0 Å². The number of carbonyl (C=O) groups is 1. The van der Waals surface area contributed by atoms with Gasteiger partial charge in [-0.05, 0) is 45.7 Å². The molecule has 130 valence electrons. The summed E-state index contributed by atoms with van der Waals surface area (Å²) in [6.07, 6.45) is 1.52. The van der Waals surface area contributed by atoms with Crippen molar-refractivity contribution < 1.29 is 18.7 Å². The van der Waals surface area contributed by atoms with Gasteiger partial charge in [0.05, 0.1) is 12.2 Å². The van der Waals surface area contributed by atoms with Crippen LogP contribution in [0.5, 0.6) is 5.75 Å². The van der Waals surface area contributed by atoms with Crippen molar-refractivity contribution in [1.82, 2.24) is 4.90 Å². The molecule has 1 unspecified atom stereocenters. The Hall–Kier alpha value is -2.29. The van der Waals surface area contributed by atoms with Crippen LogP contribution in [0.25, 0.3) is 0 Å². The summed E-state index contributed by atoms with van der Waals surface area (Å²) in [7, 11) is 0. The Bertz CT molecular complexity index is 634. The third kappa shape index (κ3) is 5.12. The highest BCUT2D eigenvalue weighted by Crippen LogP contribution is 2.22. The lowest BCUT2D eigenvalue weighted by molar-refractivity contribution is 0.0139. The van der Waals surface area contributed by atoms with Crippen LogP contribution < -0.4 is 4.74 Å². The molecule has 1 aromatic carbocycles. The summed E-state index contributed by atoms with van der Waals surface area (Å²) >= 11 is 0. The molecule has 0 spiro atoms. The molecule has 0 N–H and O–H groups in total. The fraction of sp³-hybridized carbons (Fsp3) is 0.556. The quantitative estimate of drug-likeness (QED) is 0.845. The highest BCUT2D eigenvalue weighted by molar-refractivity contribution is 5.68. The van der Waals surface area contributed by atoms with Gasteiger partial charge < -0.3 is 14.4 Å². The van der Waals surface area contributed by atoms with Gasteiger partial charge in [-0.15, -0.1) is 0 Å². The zero-order valence-electron chi connectivity index (χ0n) is 14.3. The molecule has 1 heterocycles. The number of halogens is 1. The number of ether oxygens (including phenoxy) is 2. The predicted octanol–water partition coefficient (Wildman–Crippen LogP) is 3.72. The average molecular weight is 334 g/mol. The van der Waals surface area contributed by atoms with Crippen molar-refractivity contribution in [3.8, 4) is 11.8 Å². The van der Waals surface area contributed by atoms with Gasteiger partial charge in [0.2, 0.25) is 0 Å². The van der Waals surface area contributed by atoms with Crippen molar-refractivity contribution in [2.45, 2.75) is 39.2 Å². The van der Waals surface area contributed by atoms with E-state index < -0.39 is 11.4 Å². The number of hydrogen-bond acceptors (Lipinski definition) is 4. The minimum atomic E-state index is -0.589. The Morgan fingerprint density at radius 1 is 1.46 bits per heavy atom. The van der Waals surface area contributed by atoms with E-state index in [-0.39, 0.29) is 17.6 Å². The molecule has 1 aliphatic heterocycles. The number of piperidine rings is 1. The van der Waals surface area contributed by atoms with Crippen LogP contribution in [0.1, 0.15) is 39.2 Å². The number of nitrogens with zero attached hydrogens (tertiary/aromatic N) is 2. The van der Waals surface area contributed by atoms with Gasteiger partial charge in [-0.25, -0.2) is 9.18 Å². The van der Waals surface area contributed by atoms with E-state index in [4.69, 9.17) is 14.7 Å². The molecule has 1 aliphatic rings. The van der Waals surface area contributed by atoms with Crippen LogP contribution in [0.2, 0.25) is 0 Å². The van der Waals surface area contributed by atoms with Gasteiger partial charge in [0.25, 0.3) is 0 Å². The van der Waals surface area contributed by atoms with Crippen LogP contribution in [-0.4, -0.2) is 36.3 Å². The molecule has 1 atom stereocenters. The molecule has 0 bridgehead atoms. The molecule has 2 rings (SSSR count). The number of likely N-dealkylation sites (tertiary alicyclic amines) is 1. The van der Waals surface area contributed by atoms with Crippen molar-refractivity contribution in [2.75, 3.05) is 19.7 Å². The summed E-state index contributed by atoms with van der Waals surface area (Å²) in [5.41, 5.74) is -0.517. The molecule has 0 aromatic heterocycles. The van der Waals surface area contributed by atoms with E-state index in [2.05, 4.69) is 0 Å². The smallest absolute Gasteiger partial charge is 0.410 e. The first-order valence-corrected chi connectivity index (χ1v) is 8.09. The summed E-state index contributed by atoms with van der Waals surface area (Å²) in [6, 6.07) is 5.97. The molecular weight excluding hydrogens is 311 g/mol. The van der Waals surface area contributed by atoms with Crippen molar-refractivity contribution in [1.29, 1.82) is 5.26 Å². The maximum absolute atomic E-state index is 13.6. The Balaban J connectivity index is 1.88. The number of carbonyl (C=O) groups excluding carboxylic acids is 1. The first-order valence-electron chi connectivity index (χ1n) is 8.09. The Morgan fingerprint density at radius 2 is 2.21 bits per heavy atom. The van der Waals surface area contributed by atoms with Crippen molar-refractivity contribution in [2.24, 2.45) is 5.92 Å². The van der Waals surface area contributed by atoms with E-state index in [1.165, 1.54) is 12.1 Å². The Kier molecular flexibility index (Phi) is 5.66. The highest BCUT2D eigenvalue weighted by Gasteiger charge is 2.27. The molecule has 0 saturated carbocycles. The predicted molar refractivity (Wildman–Crippen MR) is 87.1 cm³/mol. The summed E-state index contributed by atoms with van der Waals surface area (Å²) in [6.45, 7) is 7.16. The van der Waals surface area contributed by atoms with Crippen molar-refractivity contribution in [3.05, 3.63) is 29.6 Å². The lowest BCUT2D eigenvalue weighted by Crippen LogP contribution is -2.44. The number of nitriles is 1. The highest BCUT2D eigenvalue weighted by atomic mass is 19.1. The maximum Gasteiger partial charge on any atom is 0.410 e. The van der Waals surface area contributed by atoms with Crippen molar-refractivity contribution in [3.63, 3.8) is 0 Å². The molecular formula is C18H23FN2O3. The second-order valence-electron chi connectivity index (χ2n) is 7.00. The van der Waals surface area contributed by atoms with Gasteiger partial charge in [-0.2, -0.15) is 5.26 Å². The van der Waals surface area contributed by atoms with Gasteiger partial charge >= 0.3 is 6.09 Å². The first kappa shape index (κ1) is 18.1.